The van der Waals surface area contributed by atoms with Crippen LogP contribution >= 0.6 is 0 Å². The highest BCUT2D eigenvalue weighted by molar-refractivity contribution is 5.83. The molecule has 1 rings (SSSR count). The monoisotopic (exact) mass is 192 g/mol. The lowest BCUT2D eigenvalue weighted by Gasteiger charge is -2.05. The smallest absolute Gasteiger partial charge is 0.227 e. The molecule has 0 bridgehead atoms. The minimum atomic E-state index is 0.514. The Kier molecular flexibility index (Phi) is 4.20. The third kappa shape index (κ3) is 2.90. The van der Waals surface area contributed by atoms with E-state index in [9.17, 15) is 4.79 Å². The summed E-state index contributed by atoms with van der Waals surface area (Å²) in [6, 6.07) is 7.48. The molecule has 1 aromatic rings. The Balaban J connectivity index is 2.78. The molecule has 0 spiro atoms. The minimum Gasteiger partial charge on any atom is -0.493 e. The Labute approximate surface area is 82.6 Å². The van der Waals surface area contributed by atoms with Crippen molar-refractivity contribution in [3.8, 4) is 5.75 Å². The summed E-state index contributed by atoms with van der Waals surface area (Å²) in [5.41, 5.74) is 3.04. The van der Waals surface area contributed by atoms with Crippen molar-refractivity contribution in [2.24, 2.45) is 5.10 Å². The number of hydrazone groups is 1. The number of benzene rings is 1. The molecule has 0 atom stereocenters. The molecule has 14 heavy (non-hydrogen) atoms. The molecule has 1 amide bonds. The molecule has 74 valence electrons. The zero-order valence-corrected chi connectivity index (χ0v) is 7.93. The highest BCUT2D eigenvalue weighted by Gasteiger charge is 1.97. The molecule has 1 aromatic carbocycles. The second-order valence-corrected chi connectivity index (χ2v) is 2.48. The summed E-state index contributed by atoms with van der Waals surface area (Å²) >= 11 is 0. The lowest BCUT2D eigenvalue weighted by molar-refractivity contribution is -0.109. The predicted octanol–water partition coefficient (Wildman–Crippen LogP) is 1.17. The topological polar surface area (TPSA) is 50.7 Å². The number of para-hydroxylation sites is 1. The Morgan fingerprint density at radius 3 is 3.00 bits per heavy atom. The van der Waals surface area contributed by atoms with E-state index in [0.29, 0.717) is 13.0 Å². The van der Waals surface area contributed by atoms with Crippen LogP contribution in [-0.4, -0.2) is 19.2 Å². The fourth-order valence-corrected chi connectivity index (χ4v) is 1.01. The number of carbonyl (C=O) groups is 1. The van der Waals surface area contributed by atoms with Gasteiger partial charge in [0.05, 0.1) is 12.8 Å². The van der Waals surface area contributed by atoms with Crippen molar-refractivity contribution in [3.05, 3.63) is 29.8 Å². The molecular formula is C10H12N2O2. The lowest BCUT2D eigenvalue weighted by Crippen LogP contribution is -2.02. The van der Waals surface area contributed by atoms with Gasteiger partial charge in [0.15, 0.2) is 0 Å². The standard InChI is InChI=1S/C10H12N2O2/c1-2-14-10-6-4-3-5-9(10)7-11-12-8-13/h3-8H,2H2,1H3,(H,12,13)/b11-7+. The van der Waals surface area contributed by atoms with Gasteiger partial charge in [0.25, 0.3) is 0 Å². The first kappa shape index (κ1) is 10.2. The van der Waals surface area contributed by atoms with Crippen molar-refractivity contribution in [1.82, 2.24) is 5.43 Å². The van der Waals surface area contributed by atoms with E-state index in [1.54, 1.807) is 6.21 Å². The largest absolute Gasteiger partial charge is 0.493 e. The Bertz CT molecular complexity index is 324. The molecule has 0 aromatic heterocycles. The highest BCUT2D eigenvalue weighted by Crippen LogP contribution is 2.15. The summed E-state index contributed by atoms with van der Waals surface area (Å²) in [5.74, 6) is 0.756. The van der Waals surface area contributed by atoms with Gasteiger partial charge in [-0.3, -0.25) is 4.79 Å². The average molecular weight is 192 g/mol. The number of amides is 1. The zero-order chi connectivity index (χ0) is 10.2. The number of nitrogens with one attached hydrogen (secondary N) is 1. The summed E-state index contributed by atoms with van der Waals surface area (Å²) in [7, 11) is 0. The second kappa shape index (κ2) is 5.75. The number of nitrogens with zero attached hydrogens (tertiary/aromatic N) is 1. The van der Waals surface area contributed by atoms with E-state index in [1.807, 2.05) is 31.2 Å². The highest BCUT2D eigenvalue weighted by atomic mass is 16.5. The van der Waals surface area contributed by atoms with Gasteiger partial charge in [-0.2, -0.15) is 5.10 Å². The third-order valence-electron chi connectivity index (χ3n) is 1.55. The Hall–Kier alpha value is -1.84. The molecular weight excluding hydrogens is 180 g/mol. The van der Waals surface area contributed by atoms with Crippen LogP contribution in [0.3, 0.4) is 0 Å². The molecule has 0 saturated heterocycles. The maximum atomic E-state index is 9.95. The van der Waals surface area contributed by atoms with Crippen molar-refractivity contribution in [3.63, 3.8) is 0 Å². The Morgan fingerprint density at radius 1 is 1.50 bits per heavy atom. The van der Waals surface area contributed by atoms with E-state index in [4.69, 9.17) is 4.74 Å². The van der Waals surface area contributed by atoms with E-state index in [1.165, 1.54) is 0 Å². The van der Waals surface area contributed by atoms with Gasteiger partial charge < -0.3 is 4.74 Å². The number of hydrogen-bond donors (Lipinski definition) is 1. The summed E-state index contributed by atoms with van der Waals surface area (Å²) in [6.07, 6.45) is 2.05. The molecule has 0 heterocycles. The van der Waals surface area contributed by atoms with Crippen molar-refractivity contribution in [2.75, 3.05) is 6.61 Å². The number of carbonyl (C=O) groups excluding carboxylic acids is 1. The molecule has 0 aliphatic rings. The number of ether oxygens (including phenoxy) is 1. The SMILES string of the molecule is CCOc1ccccc1/C=N/NC=O. The molecule has 4 heteroatoms. The van der Waals surface area contributed by atoms with Crippen molar-refractivity contribution in [2.45, 2.75) is 6.92 Å². The molecule has 0 aliphatic heterocycles. The number of rotatable bonds is 5. The maximum absolute atomic E-state index is 9.95. The maximum Gasteiger partial charge on any atom is 0.227 e. The molecule has 1 N–H and O–H groups in total. The molecule has 4 nitrogen and oxygen atoms in total. The van der Waals surface area contributed by atoms with Crippen LogP contribution in [-0.2, 0) is 4.79 Å². The van der Waals surface area contributed by atoms with Crippen LogP contribution in [0.25, 0.3) is 0 Å². The van der Waals surface area contributed by atoms with Gasteiger partial charge in [-0.1, -0.05) is 12.1 Å². The van der Waals surface area contributed by atoms with Crippen LogP contribution in [0.5, 0.6) is 5.75 Å². The van der Waals surface area contributed by atoms with Crippen LogP contribution in [0.2, 0.25) is 0 Å². The van der Waals surface area contributed by atoms with Gasteiger partial charge >= 0.3 is 0 Å². The van der Waals surface area contributed by atoms with Gasteiger partial charge in [-0.05, 0) is 19.1 Å². The number of hydrogen-bond acceptors (Lipinski definition) is 3. The fraction of sp³-hybridized carbons (Fsp3) is 0.200. The molecule has 0 unspecified atom stereocenters. The second-order valence-electron chi connectivity index (χ2n) is 2.48. The first-order chi connectivity index (χ1) is 6.88. The Morgan fingerprint density at radius 2 is 2.29 bits per heavy atom. The third-order valence-corrected chi connectivity index (χ3v) is 1.55. The van der Waals surface area contributed by atoms with E-state index >= 15 is 0 Å². The van der Waals surface area contributed by atoms with Crippen molar-refractivity contribution in [1.29, 1.82) is 0 Å². The van der Waals surface area contributed by atoms with Gasteiger partial charge in [0, 0.05) is 5.56 Å². The average Bonchev–Trinajstić information content (AvgIpc) is 2.21. The lowest BCUT2D eigenvalue weighted by atomic mass is 10.2. The van der Waals surface area contributed by atoms with Crippen LogP contribution in [0.1, 0.15) is 12.5 Å². The van der Waals surface area contributed by atoms with E-state index in [2.05, 4.69) is 10.5 Å². The normalized spacial score (nSPS) is 10.1. The van der Waals surface area contributed by atoms with Gasteiger partial charge in [0.1, 0.15) is 5.75 Å². The van der Waals surface area contributed by atoms with Crippen LogP contribution in [0, 0.1) is 0 Å². The zero-order valence-electron chi connectivity index (χ0n) is 7.93. The summed E-state index contributed by atoms with van der Waals surface area (Å²) in [4.78, 5) is 9.95. The van der Waals surface area contributed by atoms with Gasteiger partial charge in [-0.15, -0.1) is 0 Å². The molecule has 0 fully saturated rings. The predicted molar refractivity (Wildman–Crippen MR) is 54.4 cm³/mol. The van der Waals surface area contributed by atoms with Gasteiger partial charge in [0.2, 0.25) is 6.41 Å². The van der Waals surface area contributed by atoms with E-state index < -0.39 is 0 Å². The first-order valence-corrected chi connectivity index (χ1v) is 4.32. The van der Waals surface area contributed by atoms with Crippen molar-refractivity contribution < 1.29 is 9.53 Å². The van der Waals surface area contributed by atoms with E-state index in [0.717, 1.165) is 11.3 Å². The summed E-state index contributed by atoms with van der Waals surface area (Å²) in [5, 5.41) is 3.68. The first-order valence-electron chi connectivity index (χ1n) is 4.32. The quantitative estimate of drug-likeness (QED) is 0.432. The summed E-state index contributed by atoms with van der Waals surface area (Å²) < 4.78 is 5.36. The fourth-order valence-electron chi connectivity index (χ4n) is 1.01. The van der Waals surface area contributed by atoms with Gasteiger partial charge in [-0.25, -0.2) is 5.43 Å². The molecule has 0 aliphatic carbocycles. The minimum absolute atomic E-state index is 0.514. The molecule has 0 saturated carbocycles. The van der Waals surface area contributed by atoms with Crippen LogP contribution in [0.4, 0.5) is 0 Å². The van der Waals surface area contributed by atoms with E-state index in [-0.39, 0.29) is 0 Å². The summed E-state index contributed by atoms with van der Waals surface area (Å²) in [6.45, 7) is 2.52. The van der Waals surface area contributed by atoms with Crippen LogP contribution < -0.4 is 10.2 Å². The molecule has 0 radical (unpaired) electrons. The van der Waals surface area contributed by atoms with Crippen molar-refractivity contribution >= 4 is 12.6 Å². The van der Waals surface area contributed by atoms with Crippen LogP contribution in [0.15, 0.2) is 29.4 Å².